The molecule has 23 heavy (non-hydrogen) atoms. The fraction of sp³-hybridized carbons (Fsp3) is 0.214. The summed E-state index contributed by atoms with van der Waals surface area (Å²) in [6.07, 6.45) is 0. The molecule has 9 heteroatoms. The molecule has 7 nitrogen and oxygen atoms in total. The van der Waals surface area contributed by atoms with E-state index >= 15 is 0 Å². The van der Waals surface area contributed by atoms with Crippen LogP contribution in [0.25, 0.3) is 10.6 Å². The molecule has 118 valence electrons. The largest absolute Gasteiger partial charge is 0.349 e. The predicted octanol–water partition coefficient (Wildman–Crippen LogP) is 1.56. The van der Waals surface area contributed by atoms with Crippen molar-refractivity contribution < 1.29 is 4.79 Å². The molecule has 3 aromatic heterocycles. The van der Waals surface area contributed by atoms with Gasteiger partial charge in [0.1, 0.15) is 10.6 Å². The second kappa shape index (κ2) is 6.80. The molecular weight excluding hydrogens is 334 g/mol. The molecule has 0 atom stereocenters. The zero-order chi connectivity index (χ0) is 16.2. The Morgan fingerprint density at radius 3 is 2.91 bits per heavy atom. The van der Waals surface area contributed by atoms with Gasteiger partial charge in [-0.3, -0.25) is 9.59 Å². The van der Waals surface area contributed by atoms with E-state index in [4.69, 9.17) is 0 Å². The van der Waals surface area contributed by atoms with Crippen molar-refractivity contribution >= 4 is 28.8 Å². The maximum atomic E-state index is 12.0. The molecule has 0 fully saturated rings. The first-order valence-electron chi connectivity index (χ1n) is 6.84. The molecule has 0 aliphatic carbocycles. The second-order valence-corrected chi connectivity index (χ2v) is 6.40. The van der Waals surface area contributed by atoms with Crippen LogP contribution in [0.3, 0.4) is 0 Å². The first-order chi connectivity index (χ1) is 11.1. The van der Waals surface area contributed by atoms with E-state index in [1.807, 2.05) is 17.5 Å². The minimum atomic E-state index is -0.236. The third-order valence-corrected chi connectivity index (χ3v) is 4.83. The van der Waals surface area contributed by atoms with Crippen molar-refractivity contribution in [3.8, 4) is 10.6 Å². The van der Waals surface area contributed by atoms with Crippen LogP contribution in [-0.4, -0.2) is 31.8 Å². The summed E-state index contributed by atoms with van der Waals surface area (Å²) in [5.41, 5.74) is 1.14. The average Bonchev–Trinajstić information content (AvgIpc) is 3.20. The smallest absolute Gasteiger partial charge is 0.266 e. The highest BCUT2D eigenvalue weighted by Crippen LogP contribution is 2.20. The Bertz CT molecular complexity index is 869. The quantitative estimate of drug-likeness (QED) is 0.756. The lowest BCUT2D eigenvalue weighted by atomic mass is 10.3. The summed E-state index contributed by atoms with van der Waals surface area (Å²) in [5.74, 6) is -0.236. The molecule has 0 radical (unpaired) electrons. The second-order valence-electron chi connectivity index (χ2n) is 4.70. The number of nitrogens with zero attached hydrogens (tertiary/aromatic N) is 4. The van der Waals surface area contributed by atoms with Crippen LogP contribution < -0.4 is 10.9 Å². The summed E-state index contributed by atoms with van der Waals surface area (Å²) in [7, 11) is 0. The minimum Gasteiger partial charge on any atom is -0.349 e. The first-order valence-corrected chi connectivity index (χ1v) is 8.49. The van der Waals surface area contributed by atoms with Crippen LogP contribution in [0.15, 0.2) is 34.4 Å². The standard InChI is InChI=1S/C14H13N5O2S2/c1-9-13(23-18-16-9)14(21)15-6-7-19-12(20)5-4-10(17-19)11-3-2-8-22-11/h2-5,8H,6-7H2,1H3,(H,15,21). The molecule has 0 aromatic carbocycles. The fourth-order valence-electron chi connectivity index (χ4n) is 1.96. The Labute approximate surface area is 139 Å². The molecule has 1 N–H and O–H groups in total. The van der Waals surface area contributed by atoms with Crippen LogP contribution in [0.1, 0.15) is 15.4 Å². The SMILES string of the molecule is Cc1nnsc1C(=O)NCCn1nc(-c2cccs2)ccc1=O. The number of amides is 1. The van der Waals surface area contributed by atoms with E-state index in [0.29, 0.717) is 23.7 Å². The topological polar surface area (TPSA) is 89.8 Å². The van der Waals surface area contributed by atoms with Crippen LogP contribution in [0.4, 0.5) is 0 Å². The van der Waals surface area contributed by atoms with Gasteiger partial charge in [-0.15, -0.1) is 16.4 Å². The van der Waals surface area contributed by atoms with E-state index in [2.05, 4.69) is 20.0 Å². The zero-order valence-corrected chi connectivity index (χ0v) is 13.9. The predicted molar refractivity (Wildman–Crippen MR) is 88.8 cm³/mol. The molecular formula is C14H13N5O2S2. The number of hydrogen-bond acceptors (Lipinski definition) is 7. The van der Waals surface area contributed by atoms with E-state index in [9.17, 15) is 9.59 Å². The molecule has 3 rings (SSSR count). The van der Waals surface area contributed by atoms with Crippen molar-refractivity contribution in [1.29, 1.82) is 0 Å². The lowest BCUT2D eigenvalue weighted by molar-refractivity contribution is 0.0955. The number of carbonyl (C=O) groups excluding carboxylic acids is 1. The van der Waals surface area contributed by atoms with Crippen molar-refractivity contribution in [2.45, 2.75) is 13.5 Å². The van der Waals surface area contributed by atoms with E-state index in [1.54, 1.807) is 24.3 Å². The van der Waals surface area contributed by atoms with Gasteiger partial charge in [-0.05, 0) is 36.0 Å². The highest BCUT2D eigenvalue weighted by atomic mass is 32.1. The number of rotatable bonds is 5. The zero-order valence-electron chi connectivity index (χ0n) is 12.2. The van der Waals surface area contributed by atoms with E-state index in [0.717, 1.165) is 22.1 Å². The summed E-state index contributed by atoms with van der Waals surface area (Å²) in [6.45, 7) is 2.33. The van der Waals surface area contributed by atoms with Crippen LogP contribution in [0, 0.1) is 6.92 Å². The summed E-state index contributed by atoms with van der Waals surface area (Å²) >= 11 is 2.61. The van der Waals surface area contributed by atoms with Gasteiger partial charge in [-0.2, -0.15) is 5.10 Å². The fourth-order valence-corrected chi connectivity index (χ4v) is 3.22. The van der Waals surface area contributed by atoms with Gasteiger partial charge in [0, 0.05) is 12.6 Å². The molecule has 0 saturated carbocycles. The van der Waals surface area contributed by atoms with Gasteiger partial charge in [-0.1, -0.05) is 10.6 Å². The molecule has 1 amide bonds. The monoisotopic (exact) mass is 347 g/mol. The van der Waals surface area contributed by atoms with Crippen molar-refractivity contribution in [3.63, 3.8) is 0 Å². The third kappa shape index (κ3) is 3.51. The van der Waals surface area contributed by atoms with Crippen molar-refractivity contribution in [3.05, 3.63) is 50.6 Å². The molecule has 0 aliphatic rings. The summed E-state index contributed by atoms with van der Waals surface area (Å²) < 4.78 is 5.08. The number of thiophene rings is 1. The lowest BCUT2D eigenvalue weighted by Gasteiger charge is -2.07. The number of nitrogens with one attached hydrogen (secondary N) is 1. The number of carbonyl (C=O) groups is 1. The average molecular weight is 347 g/mol. The van der Waals surface area contributed by atoms with E-state index in [1.165, 1.54) is 10.7 Å². The number of hydrogen-bond donors (Lipinski definition) is 1. The summed E-state index contributed by atoms with van der Waals surface area (Å²) in [4.78, 5) is 25.3. The van der Waals surface area contributed by atoms with Crippen molar-refractivity contribution in [1.82, 2.24) is 24.7 Å². The van der Waals surface area contributed by atoms with Crippen molar-refractivity contribution in [2.75, 3.05) is 6.54 Å². The van der Waals surface area contributed by atoms with Gasteiger partial charge in [0.2, 0.25) is 0 Å². The lowest BCUT2D eigenvalue weighted by Crippen LogP contribution is -2.31. The van der Waals surface area contributed by atoms with Gasteiger partial charge < -0.3 is 5.32 Å². The maximum absolute atomic E-state index is 12.0. The van der Waals surface area contributed by atoms with Gasteiger partial charge in [0.05, 0.1) is 17.1 Å². The first kappa shape index (κ1) is 15.5. The Morgan fingerprint density at radius 1 is 1.35 bits per heavy atom. The minimum absolute atomic E-state index is 0.199. The maximum Gasteiger partial charge on any atom is 0.266 e. The highest BCUT2D eigenvalue weighted by molar-refractivity contribution is 7.13. The highest BCUT2D eigenvalue weighted by Gasteiger charge is 2.12. The van der Waals surface area contributed by atoms with Crippen LogP contribution >= 0.6 is 22.9 Å². The molecule has 3 aromatic rings. The normalized spacial score (nSPS) is 10.7. The van der Waals surface area contributed by atoms with Crippen LogP contribution in [0.2, 0.25) is 0 Å². The Morgan fingerprint density at radius 2 is 2.22 bits per heavy atom. The molecule has 0 bridgehead atoms. The summed E-state index contributed by atoms with van der Waals surface area (Å²) in [5, 5.41) is 12.8. The van der Waals surface area contributed by atoms with E-state index in [-0.39, 0.29) is 11.5 Å². The molecule has 0 unspecified atom stereocenters. The third-order valence-electron chi connectivity index (χ3n) is 3.11. The van der Waals surface area contributed by atoms with Crippen LogP contribution in [0.5, 0.6) is 0 Å². The Hall–Kier alpha value is -2.39. The molecule has 0 spiro atoms. The molecule has 0 aliphatic heterocycles. The Kier molecular flexibility index (Phi) is 4.58. The number of aromatic nitrogens is 4. The summed E-state index contributed by atoms with van der Waals surface area (Å²) in [6, 6.07) is 7.07. The van der Waals surface area contributed by atoms with E-state index < -0.39 is 0 Å². The van der Waals surface area contributed by atoms with Gasteiger partial charge in [0.15, 0.2) is 0 Å². The van der Waals surface area contributed by atoms with Gasteiger partial charge >= 0.3 is 0 Å². The number of aryl methyl sites for hydroxylation is 1. The van der Waals surface area contributed by atoms with Gasteiger partial charge in [0.25, 0.3) is 11.5 Å². The van der Waals surface area contributed by atoms with Crippen molar-refractivity contribution in [2.24, 2.45) is 0 Å². The Balaban J connectivity index is 1.66. The molecule has 3 heterocycles. The molecule has 0 saturated heterocycles. The van der Waals surface area contributed by atoms with Crippen LogP contribution in [-0.2, 0) is 6.54 Å². The van der Waals surface area contributed by atoms with Gasteiger partial charge in [-0.25, -0.2) is 4.68 Å².